The first kappa shape index (κ1) is 18.5. The molecule has 0 spiro atoms. The van der Waals surface area contributed by atoms with E-state index in [0.29, 0.717) is 10.6 Å². The second kappa shape index (κ2) is 8.39. The molecule has 0 aromatic heterocycles. The Balaban J connectivity index is 1.55. The molecule has 2 aliphatic heterocycles. The van der Waals surface area contributed by atoms with Gasteiger partial charge in [-0.05, 0) is 50.0 Å². The molecule has 2 aliphatic rings. The fourth-order valence-electron chi connectivity index (χ4n) is 3.73. The molecule has 5 nitrogen and oxygen atoms in total. The van der Waals surface area contributed by atoms with Crippen molar-refractivity contribution in [2.24, 2.45) is 5.92 Å². The van der Waals surface area contributed by atoms with Gasteiger partial charge < -0.3 is 15.1 Å². The first-order valence-electron chi connectivity index (χ1n) is 9.24. The largest absolute Gasteiger partial charge is 0.369 e. The number of hydrogen-bond acceptors (Lipinski definition) is 4. The van der Waals surface area contributed by atoms with Crippen LogP contribution in [0.25, 0.3) is 0 Å². The molecule has 1 aromatic carbocycles. The number of carbonyl (C=O) groups excluding carboxylic acids is 1. The molecular weight excluding hydrogens is 336 g/mol. The zero-order valence-corrected chi connectivity index (χ0v) is 16.1. The molecule has 0 radical (unpaired) electrons. The number of rotatable bonds is 4. The van der Waals surface area contributed by atoms with E-state index < -0.39 is 0 Å². The third-order valence-corrected chi connectivity index (χ3v) is 5.61. The SMILES string of the molecule is CN(C)C(=O)c1ccc(N2CCN(CC3CCNCC3)CC2)cc1Cl. The third-order valence-electron chi connectivity index (χ3n) is 5.30. The summed E-state index contributed by atoms with van der Waals surface area (Å²) >= 11 is 6.35. The Morgan fingerprint density at radius 2 is 1.88 bits per heavy atom. The number of piperidine rings is 1. The maximum atomic E-state index is 12.1. The lowest BCUT2D eigenvalue weighted by molar-refractivity contribution is 0.0828. The molecule has 2 saturated heterocycles. The highest BCUT2D eigenvalue weighted by atomic mass is 35.5. The third kappa shape index (κ3) is 4.66. The number of hydrogen-bond donors (Lipinski definition) is 1. The molecule has 0 aliphatic carbocycles. The summed E-state index contributed by atoms with van der Waals surface area (Å²) < 4.78 is 0. The van der Waals surface area contributed by atoms with Crippen LogP contribution < -0.4 is 10.2 Å². The Hall–Kier alpha value is -1.30. The van der Waals surface area contributed by atoms with Crippen LogP contribution in [0.2, 0.25) is 5.02 Å². The fourth-order valence-corrected chi connectivity index (χ4v) is 3.99. The van der Waals surface area contributed by atoms with Crippen molar-refractivity contribution in [3.63, 3.8) is 0 Å². The molecule has 0 atom stereocenters. The molecule has 3 rings (SSSR count). The topological polar surface area (TPSA) is 38.8 Å². The lowest BCUT2D eigenvalue weighted by atomic mass is 9.97. The highest BCUT2D eigenvalue weighted by Crippen LogP contribution is 2.26. The van der Waals surface area contributed by atoms with Crippen molar-refractivity contribution in [3.05, 3.63) is 28.8 Å². The number of halogens is 1. The maximum Gasteiger partial charge on any atom is 0.254 e. The van der Waals surface area contributed by atoms with Crippen molar-refractivity contribution < 1.29 is 4.79 Å². The van der Waals surface area contributed by atoms with Gasteiger partial charge in [0.2, 0.25) is 0 Å². The summed E-state index contributed by atoms with van der Waals surface area (Å²) in [5.74, 6) is 0.793. The molecule has 138 valence electrons. The highest BCUT2D eigenvalue weighted by Gasteiger charge is 2.22. The van der Waals surface area contributed by atoms with Crippen molar-refractivity contribution in [2.45, 2.75) is 12.8 Å². The molecule has 1 amide bonds. The second-order valence-corrected chi connectivity index (χ2v) is 7.75. The van der Waals surface area contributed by atoms with Gasteiger partial charge in [0.15, 0.2) is 0 Å². The molecule has 0 saturated carbocycles. The van der Waals surface area contributed by atoms with Crippen molar-refractivity contribution in [1.82, 2.24) is 15.1 Å². The predicted molar refractivity (Wildman–Crippen MR) is 104 cm³/mol. The van der Waals surface area contributed by atoms with E-state index in [0.717, 1.165) is 37.8 Å². The summed E-state index contributed by atoms with van der Waals surface area (Å²) in [6.45, 7) is 7.79. The summed E-state index contributed by atoms with van der Waals surface area (Å²) in [6, 6.07) is 5.80. The lowest BCUT2D eigenvalue weighted by Crippen LogP contribution is -2.48. The van der Waals surface area contributed by atoms with Gasteiger partial charge in [-0.3, -0.25) is 9.69 Å². The van der Waals surface area contributed by atoms with Gasteiger partial charge in [0, 0.05) is 52.5 Å². The van der Waals surface area contributed by atoms with E-state index in [1.54, 1.807) is 19.0 Å². The number of carbonyl (C=O) groups is 1. The summed E-state index contributed by atoms with van der Waals surface area (Å²) in [7, 11) is 3.49. The van der Waals surface area contributed by atoms with Crippen LogP contribution in [0.3, 0.4) is 0 Å². The molecule has 1 aromatic rings. The average molecular weight is 365 g/mol. The number of benzene rings is 1. The van der Waals surface area contributed by atoms with Gasteiger partial charge in [-0.15, -0.1) is 0 Å². The number of nitrogens with one attached hydrogen (secondary N) is 1. The summed E-state index contributed by atoms with van der Waals surface area (Å²) in [6.07, 6.45) is 2.61. The van der Waals surface area contributed by atoms with Gasteiger partial charge >= 0.3 is 0 Å². The molecule has 1 N–H and O–H groups in total. The van der Waals surface area contributed by atoms with E-state index in [2.05, 4.69) is 15.1 Å². The minimum Gasteiger partial charge on any atom is -0.369 e. The van der Waals surface area contributed by atoms with Gasteiger partial charge in [0.05, 0.1) is 10.6 Å². The Labute approximate surface area is 155 Å². The molecule has 2 heterocycles. The molecule has 0 bridgehead atoms. The van der Waals surface area contributed by atoms with Gasteiger partial charge in [-0.25, -0.2) is 0 Å². The number of piperazine rings is 1. The Kier molecular flexibility index (Phi) is 6.20. The van der Waals surface area contributed by atoms with Crippen molar-refractivity contribution >= 4 is 23.2 Å². The maximum absolute atomic E-state index is 12.1. The molecular formula is C19H29ClN4O. The summed E-state index contributed by atoms with van der Waals surface area (Å²) in [5, 5.41) is 3.97. The van der Waals surface area contributed by atoms with Crippen molar-refractivity contribution in [3.8, 4) is 0 Å². The number of anilines is 1. The Bertz CT molecular complexity index is 593. The van der Waals surface area contributed by atoms with Crippen LogP contribution in [0, 0.1) is 5.92 Å². The lowest BCUT2D eigenvalue weighted by Gasteiger charge is -2.38. The van der Waals surface area contributed by atoms with Gasteiger partial charge in [-0.2, -0.15) is 0 Å². The zero-order chi connectivity index (χ0) is 17.8. The molecule has 6 heteroatoms. The van der Waals surface area contributed by atoms with E-state index >= 15 is 0 Å². The summed E-state index contributed by atoms with van der Waals surface area (Å²) in [5.41, 5.74) is 1.68. The predicted octanol–water partition coefficient (Wildman–Crippen LogP) is 2.16. The first-order valence-corrected chi connectivity index (χ1v) is 9.61. The standard InChI is InChI=1S/C19H29ClN4O/c1-22(2)19(25)17-4-3-16(13-18(17)20)24-11-9-23(10-12-24)14-15-5-7-21-8-6-15/h3-4,13,15,21H,5-12,14H2,1-2H3. The smallest absolute Gasteiger partial charge is 0.254 e. The summed E-state index contributed by atoms with van der Waals surface area (Å²) in [4.78, 5) is 18.6. The minimum absolute atomic E-state index is 0.0525. The second-order valence-electron chi connectivity index (χ2n) is 7.34. The van der Waals surface area contributed by atoms with Crippen LogP contribution in [0.15, 0.2) is 18.2 Å². The van der Waals surface area contributed by atoms with Gasteiger partial charge in [-0.1, -0.05) is 11.6 Å². The normalized spacial score (nSPS) is 19.9. The first-order chi connectivity index (χ1) is 12.0. The highest BCUT2D eigenvalue weighted by molar-refractivity contribution is 6.34. The van der Waals surface area contributed by atoms with Crippen LogP contribution in [0.4, 0.5) is 5.69 Å². The van der Waals surface area contributed by atoms with Crippen LogP contribution in [-0.2, 0) is 0 Å². The van der Waals surface area contributed by atoms with E-state index in [1.165, 1.54) is 32.5 Å². The van der Waals surface area contributed by atoms with Crippen LogP contribution in [0.1, 0.15) is 23.2 Å². The van der Waals surface area contributed by atoms with Gasteiger partial charge in [0.1, 0.15) is 0 Å². The molecule has 0 unspecified atom stereocenters. The van der Waals surface area contributed by atoms with E-state index in [-0.39, 0.29) is 5.91 Å². The zero-order valence-electron chi connectivity index (χ0n) is 15.3. The Morgan fingerprint density at radius 1 is 1.20 bits per heavy atom. The number of amides is 1. The average Bonchev–Trinajstić information content (AvgIpc) is 2.62. The van der Waals surface area contributed by atoms with Crippen molar-refractivity contribution in [1.29, 1.82) is 0 Å². The number of nitrogens with zero attached hydrogens (tertiary/aromatic N) is 3. The van der Waals surface area contributed by atoms with E-state index in [9.17, 15) is 4.79 Å². The van der Waals surface area contributed by atoms with Crippen LogP contribution in [-0.4, -0.2) is 75.6 Å². The van der Waals surface area contributed by atoms with E-state index in [1.807, 2.05) is 18.2 Å². The monoisotopic (exact) mass is 364 g/mol. The fraction of sp³-hybridized carbons (Fsp3) is 0.632. The minimum atomic E-state index is -0.0525. The van der Waals surface area contributed by atoms with E-state index in [4.69, 9.17) is 11.6 Å². The Morgan fingerprint density at radius 3 is 2.48 bits per heavy atom. The molecule has 25 heavy (non-hydrogen) atoms. The van der Waals surface area contributed by atoms with Gasteiger partial charge in [0.25, 0.3) is 5.91 Å². The van der Waals surface area contributed by atoms with Crippen molar-refractivity contribution in [2.75, 3.05) is 64.8 Å². The quantitative estimate of drug-likeness (QED) is 0.888. The van der Waals surface area contributed by atoms with Crippen LogP contribution in [0.5, 0.6) is 0 Å². The van der Waals surface area contributed by atoms with Crippen LogP contribution >= 0.6 is 11.6 Å². The molecule has 2 fully saturated rings.